The molecule has 0 amide bonds. The Morgan fingerprint density at radius 2 is 2.18 bits per heavy atom. The molecular formula is C13H19NO2S. The Balaban J connectivity index is 1.97. The first kappa shape index (κ1) is 12.6. The number of carboxylic acid groups (broad SMARTS) is 1. The number of hydrogen-bond acceptors (Lipinski definition) is 3. The zero-order valence-corrected chi connectivity index (χ0v) is 10.9. The van der Waals surface area contributed by atoms with Gasteiger partial charge >= 0.3 is 5.97 Å². The monoisotopic (exact) mass is 253 g/mol. The van der Waals surface area contributed by atoms with Crippen LogP contribution in [-0.2, 0) is 4.79 Å². The zero-order valence-electron chi connectivity index (χ0n) is 10.1. The van der Waals surface area contributed by atoms with Gasteiger partial charge in [-0.3, -0.25) is 4.79 Å². The fourth-order valence-corrected chi connectivity index (χ4v) is 3.71. The van der Waals surface area contributed by atoms with Crippen molar-refractivity contribution in [3.8, 4) is 0 Å². The van der Waals surface area contributed by atoms with E-state index >= 15 is 0 Å². The maximum atomic E-state index is 10.9. The van der Waals surface area contributed by atoms with Crippen LogP contribution >= 0.6 is 11.3 Å². The number of thiophene rings is 1. The lowest BCUT2D eigenvalue weighted by Gasteiger charge is -2.31. The summed E-state index contributed by atoms with van der Waals surface area (Å²) in [4.78, 5) is 12.3. The van der Waals surface area contributed by atoms with Gasteiger partial charge in [0, 0.05) is 10.9 Å². The van der Waals surface area contributed by atoms with Gasteiger partial charge in [-0.05, 0) is 50.1 Å². The van der Waals surface area contributed by atoms with Crippen molar-refractivity contribution in [2.75, 3.05) is 7.05 Å². The van der Waals surface area contributed by atoms with Gasteiger partial charge in [0.05, 0.1) is 5.92 Å². The van der Waals surface area contributed by atoms with E-state index in [0.717, 1.165) is 25.7 Å². The number of rotatable bonds is 4. The van der Waals surface area contributed by atoms with Crippen LogP contribution in [0.15, 0.2) is 17.5 Å². The molecule has 0 bridgehead atoms. The van der Waals surface area contributed by atoms with Crippen molar-refractivity contribution in [2.24, 2.45) is 11.8 Å². The van der Waals surface area contributed by atoms with Crippen LogP contribution in [0.4, 0.5) is 0 Å². The van der Waals surface area contributed by atoms with Crippen LogP contribution in [0.1, 0.15) is 36.6 Å². The first-order chi connectivity index (χ1) is 8.22. The minimum Gasteiger partial charge on any atom is -0.481 e. The van der Waals surface area contributed by atoms with E-state index in [4.69, 9.17) is 5.11 Å². The van der Waals surface area contributed by atoms with E-state index in [1.165, 1.54) is 4.88 Å². The van der Waals surface area contributed by atoms with E-state index in [2.05, 4.69) is 22.8 Å². The van der Waals surface area contributed by atoms with Crippen LogP contribution in [0.3, 0.4) is 0 Å². The lowest BCUT2D eigenvalue weighted by molar-refractivity contribution is -0.143. The van der Waals surface area contributed by atoms with Crippen molar-refractivity contribution in [1.29, 1.82) is 0 Å². The Morgan fingerprint density at radius 3 is 2.65 bits per heavy atom. The first-order valence-corrected chi connectivity index (χ1v) is 7.03. The summed E-state index contributed by atoms with van der Waals surface area (Å²) in [6.45, 7) is 0. The predicted octanol–water partition coefficient (Wildman–Crippen LogP) is 2.90. The molecule has 17 heavy (non-hydrogen) atoms. The molecule has 0 saturated heterocycles. The van der Waals surface area contributed by atoms with Gasteiger partial charge in [-0.2, -0.15) is 0 Å². The number of aliphatic carboxylic acids is 1. The lowest BCUT2D eigenvalue weighted by atomic mass is 9.78. The predicted molar refractivity (Wildman–Crippen MR) is 69.2 cm³/mol. The highest BCUT2D eigenvalue weighted by Gasteiger charge is 2.30. The third-order valence-electron chi connectivity index (χ3n) is 3.75. The second kappa shape index (κ2) is 5.65. The van der Waals surface area contributed by atoms with E-state index in [-0.39, 0.29) is 5.92 Å². The second-order valence-corrected chi connectivity index (χ2v) is 5.71. The molecule has 3 nitrogen and oxygen atoms in total. The van der Waals surface area contributed by atoms with E-state index in [1.807, 2.05) is 7.05 Å². The molecule has 1 atom stereocenters. The largest absolute Gasteiger partial charge is 0.481 e. The average Bonchev–Trinajstić information content (AvgIpc) is 2.84. The van der Waals surface area contributed by atoms with Gasteiger partial charge in [-0.1, -0.05) is 6.07 Å². The summed E-state index contributed by atoms with van der Waals surface area (Å²) in [6, 6.07) is 4.63. The minimum atomic E-state index is -0.624. The molecule has 1 aromatic rings. The quantitative estimate of drug-likeness (QED) is 0.867. The van der Waals surface area contributed by atoms with E-state index < -0.39 is 5.97 Å². The Bertz CT molecular complexity index is 356. The van der Waals surface area contributed by atoms with E-state index in [0.29, 0.717) is 12.0 Å². The first-order valence-electron chi connectivity index (χ1n) is 6.16. The Kier molecular flexibility index (Phi) is 4.18. The molecule has 0 radical (unpaired) electrons. The van der Waals surface area contributed by atoms with E-state index in [9.17, 15) is 4.79 Å². The molecule has 1 fully saturated rings. The molecule has 4 heteroatoms. The molecule has 2 rings (SSSR count). The summed E-state index contributed by atoms with van der Waals surface area (Å²) in [5, 5.41) is 14.5. The van der Waals surface area contributed by atoms with Crippen molar-refractivity contribution < 1.29 is 9.90 Å². The second-order valence-electron chi connectivity index (χ2n) is 4.73. The SMILES string of the molecule is CNC(c1cccs1)C1CCC(C(=O)O)CC1. The topological polar surface area (TPSA) is 49.3 Å². The van der Waals surface area contributed by atoms with Crippen LogP contribution < -0.4 is 5.32 Å². The smallest absolute Gasteiger partial charge is 0.306 e. The summed E-state index contributed by atoms with van der Waals surface area (Å²) in [6.07, 6.45) is 3.67. The van der Waals surface area contributed by atoms with Crippen molar-refractivity contribution in [3.63, 3.8) is 0 Å². The molecule has 2 N–H and O–H groups in total. The van der Waals surface area contributed by atoms with Crippen LogP contribution in [-0.4, -0.2) is 18.1 Å². The normalized spacial score (nSPS) is 26.6. The molecule has 0 spiro atoms. The van der Waals surface area contributed by atoms with Gasteiger partial charge in [-0.25, -0.2) is 0 Å². The third kappa shape index (κ3) is 2.87. The number of carbonyl (C=O) groups is 1. The highest BCUT2D eigenvalue weighted by molar-refractivity contribution is 7.10. The van der Waals surface area contributed by atoms with Gasteiger partial charge in [0.1, 0.15) is 0 Å². The van der Waals surface area contributed by atoms with Crippen molar-refractivity contribution in [2.45, 2.75) is 31.7 Å². The summed E-state index contributed by atoms with van der Waals surface area (Å²) in [5.41, 5.74) is 0. The summed E-state index contributed by atoms with van der Waals surface area (Å²) >= 11 is 1.78. The summed E-state index contributed by atoms with van der Waals surface area (Å²) in [7, 11) is 1.99. The van der Waals surface area contributed by atoms with E-state index in [1.54, 1.807) is 11.3 Å². The van der Waals surface area contributed by atoms with Gasteiger partial charge in [0.15, 0.2) is 0 Å². The molecule has 0 aromatic carbocycles. The maximum Gasteiger partial charge on any atom is 0.306 e. The Hall–Kier alpha value is -0.870. The molecule has 0 aliphatic heterocycles. The highest BCUT2D eigenvalue weighted by Crippen LogP contribution is 2.38. The van der Waals surface area contributed by atoms with Crippen LogP contribution in [0.5, 0.6) is 0 Å². The third-order valence-corrected chi connectivity index (χ3v) is 4.71. The zero-order chi connectivity index (χ0) is 12.3. The standard InChI is InChI=1S/C13H19NO2S/c1-14-12(11-3-2-8-17-11)9-4-6-10(7-5-9)13(15)16/h2-3,8-10,12,14H,4-7H2,1H3,(H,15,16). The van der Waals surface area contributed by atoms with Crippen molar-refractivity contribution in [1.82, 2.24) is 5.32 Å². The molecule has 1 aliphatic carbocycles. The molecule has 94 valence electrons. The van der Waals surface area contributed by atoms with Crippen LogP contribution in [0, 0.1) is 11.8 Å². The molecule has 1 heterocycles. The molecule has 1 saturated carbocycles. The van der Waals surface area contributed by atoms with Crippen LogP contribution in [0.2, 0.25) is 0 Å². The fraction of sp³-hybridized carbons (Fsp3) is 0.615. The van der Waals surface area contributed by atoms with Gasteiger partial charge in [0.2, 0.25) is 0 Å². The average molecular weight is 253 g/mol. The molecule has 1 unspecified atom stereocenters. The van der Waals surface area contributed by atoms with Gasteiger partial charge < -0.3 is 10.4 Å². The lowest BCUT2D eigenvalue weighted by Crippen LogP contribution is -2.30. The fourth-order valence-electron chi connectivity index (χ4n) is 2.78. The summed E-state index contributed by atoms with van der Waals surface area (Å²) < 4.78 is 0. The van der Waals surface area contributed by atoms with Crippen molar-refractivity contribution in [3.05, 3.63) is 22.4 Å². The maximum absolute atomic E-state index is 10.9. The van der Waals surface area contributed by atoms with Gasteiger partial charge in [-0.15, -0.1) is 11.3 Å². The number of nitrogens with one attached hydrogen (secondary N) is 1. The van der Waals surface area contributed by atoms with Crippen LogP contribution in [0.25, 0.3) is 0 Å². The minimum absolute atomic E-state index is 0.118. The number of hydrogen-bond donors (Lipinski definition) is 2. The Labute approximate surface area is 106 Å². The molecular weight excluding hydrogens is 234 g/mol. The number of carboxylic acids is 1. The Morgan fingerprint density at radius 1 is 1.47 bits per heavy atom. The van der Waals surface area contributed by atoms with Crippen molar-refractivity contribution >= 4 is 17.3 Å². The molecule has 1 aromatic heterocycles. The summed E-state index contributed by atoms with van der Waals surface area (Å²) in [5.74, 6) is -0.165. The highest BCUT2D eigenvalue weighted by atomic mass is 32.1. The molecule has 1 aliphatic rings. The van der Waals surface area contributed by atoms with Gasteiger partial charge in [0.25, 0.3) is 0 Å².